The molecule has 0 saturated heterocycles. The molecule has 0 fully saturated rings. The Bertz CT molecular complexity index is 2070. The van der Waals surface area contributed by atoms with Crippen molar-refractivity contribution >= 4 is 110 Å². The van der Waals surface area contributed by atoms with Crippen molar-refractivity contribution in [2.75, 3.05) is 18.8 Å². The van der Waals surface area contributed by atoms with Crippen LogP contribution >= 0.6 is 87.2 Å². The van der Waals surface area contributed by atoms with Crippen molar-refractivity contribution in [1.82, 2.24) is 29.9 Å². The fraction of sp³-hybridized carbons (Fsp3) is 0.0909. The highest BCUT2D eigenvalue weighted by molar-refractivity contribution is 9.11. The van der Waals surface area contributed by atoms with Crippen LogP contribution in [0.1, 0.15) is 0 Å². The van der Waals surface area contributed by atoms with Crippen LogP contribution in [0.15, 0.2) is 143 Å². The molecule has 0 saturated carbocycles. The van der Waals surface area contributed by atoms with Crippen molar-refractivity contribution in [3.63, 3.8) is 0 Å². The number of halogens is 4. The van der Waals surface area contributed by atoms with Gasteiger partial charge in [0, 0.05) is 41.4 Å². The van der Waals surface area contributed by atoms with E-state index in [4.69, 9.17) is 10.0 Å². The van der Waals surface area contributed by atoms with Gasteiger partial charge in [-0.1, -0.05) is 24.3 Å². The van der Waals surface area contributed by atoms with Crippen LogP contribution in [0.4, 0.5) is 0 Å². The van der Waals surface area contributed by atoms with Gasteiger partial charge in [0.1, 0.15) is 18.4 Å². The summed E-state index contributed by atoms with van der Waals surface area (Å²) in [5.74, 6) is 0. The van der Waals surface area contributed by atoms with Crippen LogP contribution in [-0.4, -0.2) is 74.3 Å². The van der Waals surface area contributed by atoms with Crippen molar-refractivity contribution in [3.05, 3.63) is 128 Å². The van der Waals surface area contributed by atoms with Crippen molar-refractivity contribution < 1.29 is 18.5 Å². The average molecular weight is 1000 g/mol. The largest absolute Gasteiger partial charge is 0.490 e. The Labute approximate surface area is 339 Å². The predicted octanol–water partition coefficient (Wildman–Crippen LogP) is 8.03. The van der Waals surface area contributed by atoms with Crippen molar-refractivity contribution in [3.8, 4) is 22.5 Å². The second kappa shape index (κ2) is 21.9. The second-order valence-electron chi connectivity index (χ2n) is 9.73. The maximum atomic E-state index is 11.2. The van der Waals surface area contributed by atoms with Gasteiger partial charge in [0.25, 0.3) is 0 Å². The lowest BCUT2D eigenvalue weighted by Gasteiger charge is -2.02. The maximum absolute atomic E-state index is 11.2. The van der Waals surface area contributed by atoms with Crippen molar-refractivity contribution in [1.29, 1.82) is 0 Å². The summed E-state index contributed by atoms with van der Waals surface area (Å²) in [6, 6.07) is 27.6. The zero-order valence-electron chi connectivity index (χ0n) is 27.1. The van der Waals surface area contributed by atoms with Crippen LogP contribution in [0.3, 0.4) is 0 Å². The molecule has 6 aromatic rings. The SMILES string of the molecule is Brc1cccc(Br)n1.CS(=O)(=O)c1ccc(-c2cccc(Br)n2)cn1.CSc1ccc(-c2cccc(Br)n2)cn1.CSc1ccc(B(O)O)cn1. The number of aromatic nitrogens is 6. The van der Waals surface area contributed by atoms with E-state index in [2.05, 4.69) is 93.6 Å². The summed E-state index contributed by atoms with van der Waals surface area (Å²) in [6.45, 7) is 0. The summed E-state index contributed by atoms with van der Waals surface area (Å²) in [7, 11) is -4.67. The quantitative estimate of drug-likeness (QED) is 0.0945. The molecule has 264 valence electrons. The minimum atomic E-state index is -3.25. The lowest BCUT2D eigenvalue weighted by molar-refractivity contribution is 0.425. The third kappa shape index (κ3) is 15.5. The van der Waals surface area contributed by atoms with Crippen LogP contribution < -0.4 is 5.46 Å². The fourth-order valence-corrected chi connectivity index (χ4v) is 6.49. The zero-order chi connectivity index (χ0) is 37.4. The van der Waals surface area contributed by atoms with E-state index >= 15 is 0 Å². The molecule has 0 aliphatic heterocycles. The number of thioether (sulfide) groups is 2. The van der Waals surface area contributed by atoms with E-state index in [1.165, 1.54) is 30.2 Å². The highest BCUT2D eigenvalue weighted by atomic mass is 79.9. The standard InChI is InChI=1S/C11H9BrN2O2S.C11H9BrN2S.C6H8BNO2S.C5H3Br2N/c1-17(15,16)11-6-5-8(7-13-11)9-3-2-4-10(12)14-9;1-15-11-6-5-8(7-13-11)9-3-2-4-10(12)14-9;1-11-6-3-2-5(4-8-6)7(9)10;6-4-2-1-3-5(7)8-4/h2-7H,1H3;2-7H,1H3;2-4,9-10H,1H3;1-3H. The zero-order valence-corrected chi connectivity index (χ0v) is 35.9. The summed E-state index contributed by atoms with van der Waals surface area (Å²) >= 11 is 16.2. The molecular weight excluding hydrogens is 971 g/mol. The molecule has 0 amide bonds. The highest BCUT2D eigenvalue weighted by Gasteiger charge is 2.10. The molecule has 2 N–H and O–H groups in total. The minimum Gasteiger partial charge on any atom is -0.423 e. The summed E-state index contributed by atoms with van der Waals surface area (Å²) in [5, 5.41) is 19.3. The third-order valence-corrected chi connectivity index (χ3v) is 10.1. The van der Waals surface area contributed by atoms with Gasteiger partial charge >= 0.3 is 7.12 Å². The Hall–Kier alpha value is -2.55. The number of pyridine rings is 6. The van der Waals surface area contributed by atoms with Gasteiger partial charge in [0.2, 0.25) is 0 Å². The van der Waals surface area contributed by atoms with E-state index in [-0.39, 0.29) is 5.03 Å². The molecular formula is C33H29BBr4N6O4S3. The molecule has 0 aliphatic rings. The van der Waals surface area contributed by atoms with Crippen LogP contribution in [0.2, 0.25) is 0 Å². The molecule has 0 unspecified atom stereocenters. The average Bonchev–Trinajstić information content (AvgIpc) is 3.12. The topological polar surface area (TPSA) is 152 Å². The first-order valence-electron chi connectivity index (χ1n) is 14.3. The first-order valence-corrected chi connectivity index (χ1v) is 21.9. The van der Waals surface area contributed by atoms with Crippen LogP contribution in [0.25, 0.3) is 22.5 Å². The second-order valence-corrected chi connectivity index (χ2v) is 16.6. The summed E-state index contributed by atoms with van der Waals surface area (Å²) in [4.78, 5) is 24.8. The number of rotatable bonds is 6. The Balaban J connectivity index is 0.000000190. The van der Waals surface area contributed by atoms with E-state index in [0.717, 1.165) is 57.2 Å². The number of sulfone groups is 1. The van der Waals surface area contributed by atoms with E-state index in [1.54, 1.807) is 30.0 Å². The van der Waals surface area contributed by atoms with E-state index in [0.29, 0.717) is 5.46 Å². The molecule has 6 rings (SSSR count). The Morgan fingerprint density at radius 1 is 0.569 bits per heavy atom. The van der Waals surface area contributed by atoms with Gasteiger partial charge < -0.3 is 10.0 Å². The van der Waals surface area contributed by atoms with E-state index < -0.39 is 17.0 Å². The van der Waals surface area contributed by atoms with E-state index in [9.17, 15) is 8.42 Å². The van der Waals surface area contributed by atoms with Gasteiger partial charge in [0.05, 0.1) is 21.4 Å². The minimum absolute atomic E-state index is 0.0660. The highest BCUT2D eigenvalue weighted by Crippen LogP contribution is 2.21. The van der Waals surface area contributed by atoms with Crippen LogP contribution in [-0.2, 0) is 9.84 Å². The molecule has 18 heteroatoms. The van der Waals surface area contributed by atoms with Gasteiger partial charge in [0.15, 0.2) is 14.9 Å². The van der Waals surface area contributed by atoms with Gasteiger partial charge in [-0.05, 0) is 143 Å². The molecule has 0 radical (unpaired) electrons. The van der Waals surface area contributed by atoms with Crippen LogP contribution in [0, 0.1) is 0 Å². The molecule has 0 atom stereocenters. The molecule has 6 aromatic heterocycles. The number of nitrogens with zero attached hydrogens (tertiary/aromatic N) is 6. The Kier molecular flexibility index (Phi) is 18.4. The summed E-state index contributed by atoms with van der Waals surface area (Å²) < 4.78 is 25.8. The molecule has 51 heavy (non-hydrogen) atoms. The maximum Gasteiger partial charge on any atom is 0.490 e. The normalized spacial score (nSPS) is 10.4. The molecule has 10 nitrogen and oxygen atoms in total. The van der Waals surface area contributed by atoms with Gasteiger partial charge in [-0.3, -0.25) is 4.98 Å². The monoisotopic (exact) mass is 996 g/mol. The molecule has 6 heterocycles. The molecule has 0 spiro atoms. The first-order chi connectivity index (χ1) is 24.3. The molecule has 0 aromatic carbocycles. The Morgan fingerprint density at radius 2 is 1.00 bits per heavy atom. The van der Waals surface area contributed by atoms with Gasteiger partial charge in [-0.2, -0.15) is 0 Å². The number of hydrogen-bond acceptors (Lipinski definition) is 12. The summed E-state index contributed by atoms with van der Waals surface area (Å²) in [6.07, 6.45) is 9.87. The predicted molar refractivity (Wildman–Crippen MR) is 221 cm³/mol. The number of hydrogen-bond donors (Lipinski definition) is 2. The summed E-state index contributed by atoms with van der Waals surface area (Å²) in [5.41, 5.74) is 3.91. The lowest BCUT2D eigenvalue weighted by Crippen LogP contribution is -2.29. The smallest absolute Gasteiger partial charge is 0.423 e. The fourth-order valence-electron chi connectivity index (χ4n) is 3.59. The molecule has 0 aliphatic carbocycles. The first kappa shape index (κ1) is 42.9. The van der Waals surface area contributed by atoms with E-state index in [1.807, 2.05) is 85.4 Å². The van der Waals surface area contributed by atoms with Crippen LogP contribution in [0.5, 0.6) is 0 Å². The third-order valence-electron chi connectivity index (χ3n) is 6.03. The Morgan fingerprint density at radius 3 is 1.31 bits per heavy atom. The lowest BCUT2D eigenvalue weighted by atomic mass is 9.82. The van der Waals surface area contributed by atoms with Crippen molar-refractivity contribution in [2.24, 2.45) is 0 Å². The van der Waals surface area contributed by atoms with Gasteiger partial charge in [-0.15, -0.1) is 23.5 Å². The van der Waals surface area contributed by atoms with Gasteiger partial charge in [-0.25, -0.2) is 33.3 Å². The molecule has 0 bridgehead atoms. The van der Waals surface area contributed by atoms with Crippen molar-refractivity contribution in [2.45, 2.75) is 15.1 Å².